The summed E-state index contributed by atoms with van der Waals surface area (Å²) in [6.07, 6.45) is 2.74. The standard InChI is InChI=1S/C10H16N2O/c1-10(9-4-3-7-13-9)8(11)5-6-12(10)2/h3-4,7-8H,5-6,11H2,1-2H3. The molecule has 0 aliphatic carbocycles. The average Bonchev–Trinajstić information content (AvgIpc) is 2.70. The highest BCUT2D eigenvalue weighted by Gasteiger charge is 2.44. The Kier molecular flexibility index (Phi) is 1.93. The van der Waals surface area contributed by atoms with E-state index in [4.69, 9.17) is 10.2 Å². The molecular weight excluding hydrogens is 164 g/mol. The SMILES string of the molecule is CN1CCC(N)C1(C)c1ccco1. The lowest BCUT2D eigenvalue weighted by molar-refractivity contribution is 0.148. The highest BCUT2D eigenvalue weighted by Crippen LogP contribution is 2.36. The average molecular weight is 180 g/mol. The summed E-state index contributed by atoms with van der Waals surface area (Å²) in [6.45, 7) is 3.18. The van der Waals surface area contributed by atoms with Crippen LogP contribution < -0.4 is 5.73 Å². The van der Waals surface area contributed by atoms with Crippen molar-refractivity contribution in [2.24, 2.45) is 5.73 Å². The third kappa shape index (κ3) is 1.11. The number of furan rings is 1. The Balaban J connectivity index is 2.38. The van der Waals surface area contributed by atoms with E-state index in [-0.39, 0.29) is 11.6 Å². The normalized spacial score (nSPS) is 35.5. The van der Waals surface area contributed by atoms with Crippen molar-refractivity contribution in [3.05, 3.63) is 24.2 Å². The van der Waals surface area contributed by atoms with Crippen LogP contribution in [0.1, 0.15) is 19.1 Å². The van der Waals surface area contributed by atoms with Gasteiger partial charge in [-0.25, -0.2) is 0 Å². The summed E-state index contributed by atoms with van der Waals surface area (Å²) in [4.78, 5) is 2.26. The van der Waals surface area contributed by atoms with Crippen LogP contribution in [0, 0.1) is 0 Å². The van der Waals surface area contributed by atoms with Crippen molar-refractivity contribution in [1.82, 2.24) is 4.90 Å². The van der Waals surface area contributed by atoms with Gasteiger partial charge in [-0.3, -0.25) is 4.90 Å². The van der Waals surface area contributed by atoms with Crippen molar-refractivity contribution in [3.8, 4) is 0 Å². The van der Waals surface area contributed by atoms with Gasteiger partial charge >= 0.3 is 0 Å². The van der Waals surface area contributed by atoms with E-state index in [2.05, 4.69) is 18.9 Å². The molecule has 1 fully saturated rings. The van der Waals surface area contributed by atoms with Gasteiger partial charge in [0.1, 0.15) is 5.76 Å². The zero-order chi connectivity index (χ0) is 9.47. The molecule has 2 heterocycles. The predicted molar refractivity (Wildman–Crippen MR) is 51.3 cm³/mol. The Hall–Kier alpha value is -0.800. The highest BCUT2D eigenvalue weighted by molar-refractivity contribution is 5.17. The molecule has 0 amide bonds. The molecule has 0 saturated carbocycles. The first-order chi connectivity index (χ1) is 6.15. The summed E-state index contributed by atoms with van der Waals surface area (Å²) in [5.74, 6) is 0.972. The quantitative estimate of drug-likeness (QED) is 0.705. The molecule has 2 atom stereocenters. The minimum atomic E-state index is -0.122. The first-order valence-electron chi connectivity index (χ1n) is 4.66. The smallest absolute Gasteiger partial charge is 0.125 e. The van der Waals surface area contributed by atoms with Gasteiger partial charge in [-0.05, 0) is 32.5 Å². The van der Waals surface area contributed by atoms with Crippen LogP contribution in [0.2, 0.25) is 0 Å². The molecule has 0 radical (unpaired) electrons. The van der Waals surface area contributed by atoms with E-state index in [1.807, 2.05) is 12.1 Å². The lowest BCUT2D eigenvalue weighted by atomic mass is 9.91. The fourth-order valence-electron chi connectivity index (χ4n) is 2.07. The largest absolute Gasteiger partial charge is 0.467 e. The van der Waals surface area contributed by atoms with Crippen molar-refractivity contribution in [1.29, 1.82) is 0 Å². The minimum absolute atomic E-state index is 0.122. The summed E-state index contributed by atoms with van der Waals surface area (Å²) in [5.41, 5.74) is 5.97. The Morgan fingerprint density at radius 1 is 1.69 bits per heavy atom. The van der Waals surface area contributed by atoms with E-state index in [1.54, 1.807) is 6.26 Å². The molecule has 0 aromatic carbocycles. The first-order valence-corrected chi connectivity index (χ1v) is 4.66. The maximum atomic E-state index is 6.09. The summed E-state index contributed by atoms with van der Waals surface area (Å²) in [7, 11) is 2.09. The first kappa shape index (κ1) is 8.78. The molecule has 1 aromatic rings. The van der Waals surface area contributed by atoms with Crippen LogP contribution in [-0.4, -0.2) is 24.5 Å². The number of likely N-dealkylation sites (N-methyl/N-ethyl adjacent to an activating group) is 1. The van der Waals surface area contributed by atoms with E-state index >= 15 is 0 Å². The zero-order valence-electron chi connectivity index (χ0n) is 8.16. The Labute approximate surface area is 78.5 Å². The van der Waals surface area contributed by atoms with Crippen LogP contribution in [0.15, 0.2) is 22.8 Å². The molecule has 13 heavy (non-hydrogen) atoms. The number of rotatable bonds is 1. The Morgan fingerprint density at radius 2 is 2.46 bits per heavy atom. The van der Waals surface area contributed by atoms with Gasteiger partial charge in [-0.15, -0.1) is 0 Å². The van der Waals surface area contributed by atoms with Gasteiger partial charge in [-0.1, -0.05) is 0 Å². The summed E-state index contributed by atoms with van der Waals surface area (Å²) >= 11 is 0. The molecule has 2 rings (SSSR count). The predicted octanol–water partition coefficient (Wildman–Crippen LogP) is 1.16. The number of nitrogens with two attached hydrogens (primary N) is 1. The second-order valence-corrected chi connectivity index (χ2v) is 3.94. The van der Waals surface area contributed by atoms with Crippen molar-refractivity contribution >= 4 is 0 Å². The van der Waals surface area contributed by atoms with E-state index in [0.717, 1.165) is 18.7 Å². The molecule has 72 valence electrons. The molecule has 0 bridgehead atoms. The van der Waals surface area contributed by atoms with Crippen LogP contribution in [-0.2, 0) is 5.54 Å². The lowest BCUT2D eigenvalue weighted by Crippen LogP contribution is -2.46. The van der Waals surface area contributed by atoms with Crippen LogP contribution >= 0.6 is 0 Å². The van der Waals surface area contributed by atoms with Gasteiger partial charge in [0, 0.05) is 12.6 Å². The van der Waals surface area contributed by atoms with Crippen LogP contribution in [0.5, 0.6) is 0 Å². The molecule has 3 heteroatoms. The van der Waals surface area contributed by atoms with Gasteiger partial charge in [0.25, 0.3) is 0 Å². The third-order valence-electron chi connectivity index (χ3n) is 3.31. The van der Waals surface area contributed by atoms with Crippen molar-refractivity contribution in [2.75, 3.05) is 13.6 Å². The maximum Gasteiger partial charge on any atom is 0.125 e. The molecule has 3 nitrogen and oxygen atoms in total. The number of hydrogen-bond donors (Lipinski definition) is 1. The summed E-state index contributed by atoms with van der Waals surface area (Å²) in [5, 5.41) is 0. The topological polar surface area (TPSA) is 42.4 Å². The van der Waals surface area contributed by atoms with E-state index in [1.165, 1.54) is 0 Å². The third-order valence-corrected chi connectivity index (χ3v) is 3.31. The van der Waals surface area contributed by atoms with Gasteiger partial charge < -0.3 is 10.2 Å². The zero-order valence-corrected chi connectivity index (χ0v) is 8.16. The van der Waals surface area contributed by atoms with Crippen molar-refractivity contribution in [2.45, 2.75) is 24.9 Å². The highest BCUT2D eigenvalue weighted by atomic mass is 16.3. The molecule has 1 saturated heterocycles. The fraction of sp³-hybridized carbons (Fsp3) is 0.600. The number of nitrogens with zero attached hydrogens (tertiary/aromatic N) is 1. The second kappa shape index (κ2) is 2.86. The fourth-order valence-corrected chi connectivity index (χ4v) is 2.07. The van der Waals surface area contributed by atoms with Crippen molar-refractivity contribution in [3.63, 3.8) is 0 Å². The molecule has 1 aliphatic heterocycles. The van der Waals surface area contributed by atoms with Gasteiger partial charge in [0.05, 0.1) is 11.8 Å². The molecule has 0 spiro atoms. The Morgan fingerprint density at radius 3 is 2.92 bits per heavy atom. The van der Waals surface area contributed by atoms with Crippen LogP contribution in [0.4, 0.5) is 0 Å². The molecular formula is C10H16N2O. The number of likely N-dealkylation sites (tertiary alicyclic amines) is 1. The Bertz CT molecular complexity index is 271. The minimum Gasteiger partial charge on any atom is -0.467 e. The summed E-state index contributed by atoms with van der Waals surface area (Å²) in [6, 6.07) is 4.09. The van der Waals surface area contributed by atoms with E-state index in [0.29, 0.717) is 0 Å². The van der Waals surface area contributed by atoms with Gasteiger partial charge in [-0.2, -0.15) is 0 Å². The van der Waals surface area contributed by atoms with Crippen LogP contribution in [0.25, 0.3) is 0 Å². The second-order valence-electron chi connectivity index (χ2n) is 3.94. The molecule has 1 aromatic heterocycles. The molecule has 1 aliphatic rings. The maximum absolute atomic E-state index is 6.09. The van der Waals surface area contributed by atoms with Crippen LogP contribution in [0.3, 0.4) is 0 Å². The number of hydrogen-bond acceptors (Lipinski definition) is 3. The lowest BCUT2D eigenvalue weighted by Gasteiger charge is -2.33. The van der Waals surface area contributed by atoms with Crippen molar-refractivity contribution < 1.29 is 4.42 Å². The van der Waals surface area contributed by atoms with E-state index < -0.39 is 0 Å². The molecule has 2 N–H and O–H groups in total. The summed E-state index contributed by atoms with van der Waals surface area (Å²) < 4.78 is 5.44. The van der Waals surface area contributed by atoms with E-state index in [9.17, 15) is 0 Å². The monoisotopic (exact) mass is 180 g/mol. The van der Waals surface area contributed by atoms with Gasteiger partial charge in [0.15, 0.2) is 0 Å². The van der Waals surface area contributed by atoms with Gasteiger partial charge in [0.2, 0.25) is 0 Å². The molecule has 2 unspecified atom stereocenters.